The van der Waals surface area contributed by atoms with Crippen LogP contribution < -0.4 is 5.73 Å². The number of imidazole rings is 1. The van der Waals surface area contributed by atoms with Gasteiger partial charge in [-0.3, -0.25) is 0 Å². The minimum Gasteiger partial charge on any atom is -0.384 e. The normalized spacial score (nSPS) is 10.8. The van der Waals surface area contributed by atoms with Crippen molar-refractivity contribution >= 4 is 17.4 Å². The first-order valence-corrected chi connectivity index (χ1v) is 6.67. The minimum absolute atomic E-state index is 0.113. The quantitative estimate of drug-likeness (QED) is 0.807. The van der Waals surface area contributed by atoms with E-state index in [0.29, 0.717) is 12.4 Å². The van der Waals surface area contributed by atoms with E-state index in [4.69, 9.17) is 17.3 Å². The molecule has 3 rings (SSSR count). The van der Waals surface area contributed by atoms with Crippen molar-refractivity contribution in [3.8, 4) is 11.3 Å². The molecule has 1 aromatic carbocycles. The van der Waals surface area contributed by atoms with Crippen LogP contribution in [-0.2, 0) is 6.54 Å². The Morgan fingerprint density at radius 2 is 2.10 bits per heavy atom. The van der Waals surface area contributed by atoms with Crippen LogP contribution in [0.4, 0.5) is 10.2 Å². The lowest BCUT2D eigenvalue weighted by molar-refractivity contribution is 0.626. The smallest absolute Gasteiger partial charge is 0.141 e. The Labute approximate surface area is 126 Å². The van der Waals surface area contributed by atoms with Gasteiger partial charge in [0.1, 0.15) is 11.6 Å². The van der Waals surface area contributed by atoms with Gasteiger partial charge >= 0.3 is 0 Å². The van der Waals surface area contributed by atoms with E-state index < -0.39 is 5.82 Å². The number of hydrogen-bond donors (Lipinski definition) is 1. The van der Waals surface area contributed by atoms with Gasteiger partial charge in [-0.15, -0.1) is 0 Å². The maximum absolute atomic E-state index is 13.2. The molecule has 6 heteroatoms. The molecular formula is C15H12ClFN4. The van der Waals surface area contributed by atoms with E-state index in [-0.39, 0.29) is 5.02 Å². The molecule has 0 unspecified atom stereocenters. The summed E-state index contributed by atoms with van der Waals surface area (Å²) in [6.45, 7) is 0.539. The summed E-state index contributed by atoms with van der Waals surface area (Å²) in [5, 5.41) is 0.113. The van der Waals surface area contributed by atoms with Crippen LogP contribution in [0.3, 0.4) is 0 Å². The first-order chi connectivity index (χ1) is 10.1. The van der Waals surface area contributed by atoms with E-state index in [9.17, 15) is 4.39 Å². The Morgan fingerprint density at radius 3 is 2.86 bits per heavy atom. The third-order valence-electron chi connectivity index (χ3n) is 3.13. The highest BCUT2D eigenvalue weighted by molar-refractivity contribution is 6.30. The van der Waals surface area contributed by atoms with Gasteiger partial charge in [0.25, 0.3) is 0 Å². The van der Waals surface area contributed by atoms with E-state index in [0.717, 1.165) is 16.8 Å². The van der Waals surface area contributed by atoms with Crippen LogP contribution in [-0.4, -0.2) is 14.5 Å². The van der Waals surface area contributed by atoms with Gasteiger partial charge in [0, 0.05) is 18.3 Å². The number of pyridine rings is 1. The van der Waals surface area contributed by atoms with Gasteiger partial charge in [-0.05, 0) is 29.8 Å². The lowest BCUT2D eigenvalue weighted by atomic mass is 10.2. The van der Waals surface area contributed by atoms with Crippen molar-refractivity contribution in [3.63, 3.8) is 0 Å². The van der Waals surface area contributed by atoms with Crippen molar-refractivity contribution in [3.05, 3.63) is 65.5 Å². The largest absolute Gasteiger partial charge is 0.384 e. The highest BCUT2D eigenvalue weighted by Gasteiger charge is 2.08. The second kappa shape index (κ2) is 5.54. The minimum atomic E-state index is -0.423. The number of benzene rings is 1. The Kier molecular flexibility index (Phi) is 3.58. The second-order valence-electron chi connectivity index (χ2n) is 4.62. The second-order valence-corrected chi connectivity index (χ2v) is 5.03. The van der Waals surface area contributed by atoms with Crippen LogP contribution in [0.1, 0.15) is 5.56 Å². The Balaban J connectivity index is 1.94. The number of halogens is 2. The Bertz CT molecular complexity index is 785. The molecular weight excluding hydrogens is 291 g/mol. The van der Waals surface area contributed by atoms with Crippen molar-refractivity contribution in [2.45, 2.75) is 6.54 Å². The molecule has 0 aliphatic rings. The molecule has 2 aromatic heterocycles. The van der Waals surface area contributed by atoms with Crippen LogP contribution in [0.15, 0.2) is 49.1 Å². The van der Waals surface area contributed by atoms with E-state index >= 15 is 0 Å². The average molecular weight is 303 g/mol. The molecule has 4 nitrogen and oxygen atoms in total. The molecule has 0 saturated carbocycles. The first-order valence-electron chi connectivity index (χ1n) is 6.29. The fourth-order valence-corrected chi connectivity index (χ4v) is 2.33. The van der Waals surface area contributed by atoms with Crippen LogP contribution >= 0.6 is 11.6 Å². The van der Waals surface area contributed by atoms with E-state index in [1.54, 1.807) is 36.9 Å². The molecule has 0 radical (unpaired) electrons. The molecule has 0 amide bonds. The van der Waals surface area contributed by atoms with Crippen molar-refractivity contribution in [2.24, 2.45) is 0 Å². The third kappa shape index (κ3) is 2.87. The fourth-order valence-electron chi connectivity index (χ4n) is 2.13. The van der Waals surface area contributed by atoms with Crippen molar-refractivity contribution in [2.75, 3.05) is 5.73 Å². The zero-order chi connectivity index (χ0) is 14.8. The van der Waals surface area contributed by atoms with Gasteiger partial charge in [-0.1, -0.05) is 17.7 Å². The van der Waals surface area contributed by atoms with Crippen LogP contribution in [0.5, 0.6) is 0 Å². The van der Waals surface area contributed by atoms with Gasteiger partial charge in [-0.25, -0.2) is 14.4 Å². The molecule has 3 aromatic rings. The highest BCUT2D eigenvalue weighted by Crippen LogP contribution is 2.22. The number of anilines is 1. The van der Waals surface area contributed by atoms with Gasteiger partial charge in [-0.2, -0.15) is 0 Å². The van der Waals surface area contributed by atoms with Crippen LogP contribution in [0.2, 0.25) is 5.02 Å². The topological polar surface area (TPSA) is 56.7 Å². The molecule has 0 bridgehead atoms. The molecule has 21 heavy (non-hydrogen) atoms. The van der Waals surface area contributed by atoms with Crippen LogP contribution in [0, 0.1) is 5.82 Å². The zero-order valence-corrected chi connectivity index (χ0v) is 11.8. The maximum Gasteiger partial charge on any atom is 0.141 e. The van der Waals surface area contributed by atoms with Gasteiger partial charge in [0.05, 0.1) is 23.2 Å². The Hall–Kier alpha value is -2.40. The molecule has 106 valence electrons. The monoisotopic (exact) mass is 302 g/mol. The molecule has 0 aliphatic carbocycles. The predicted octanol–water partition coefficient (Wildman–Crippen LogP) is 3.37. The molecule has 2 heterocycles. The van der Waals surface area contributed by atoms with Gasteiger partial charge < -0.3 is 10.3 Å². The van der Waals surface area contributed by atoms with Gasteiger partial charge in [0.15, 0.2) is 0 Å². The summed E-state index contributed by atoms with van der Waals surface area (Å²) >= 11 is 5.81. The lowest BCUT2D eigenvalue weighted by Crippen LogP contribution is -2.01. The molecule has 0 spiro atoms. The molecule has 0 fully saturated rings. The standard InChI is InChI=1S/C15H12ClFN4/c16-12-5-10(1-2-13(12)17)8-21-9-19-7-14(21)11-3-4-20-15(18)6-11/h1-7,9H,8H2,(H2,18,20). The summed E-state index contributed by atoms with van der Waals surface area (Å²) in [5.74, 6) is 0.0262. The number of nitrogens with zero attached hydrogens (tertiary/aromatic N) is 3. The summed E-state index contributed by atoms with van der Waals surface area (Å²) in [4.78, 5) is 8.13. The molecule has 0 saturated heterocycles. The number of rotatable bonds is 3. The molecule has 0 atom stereocenters. The van der Waals surface area contributed by atoms with Gasteiger partial charge in [0.2, 0.25) is 0 Å². The van der Waals surface area contributed by atoms with E-state index in [1.807, 2.05) is 10.6 Å². The average Bonchev–Trinajstić information content (AvgIpc) is 2.91. The number of nitrogen functional groups attached to an aromatic ring is 1. The number of nitrogens with two attached hydrogens (primary N) is 1. The van der Waals surface area contributed by atoms with Crippen molar-refractivity contribution < 1.29 is 4.39 Å². The number of hydrogen-bond acceptors (Lipinski definition) is 3. The van der Waals surface area contributed by atoms with Crippen LogP contribution in [0.25, 0.3) is 11.3 Å². The lowest BCUT2D eigenvalue weighted by Gasteiger charge is -2.09. The zero-order valence-electron chi connectivity index (χ0n) is 11.0. The summed E-state index contributed by atoms with van der Waals surface area (Å²) in [7, 11) is 0. The van der Waals surface area contributed by atoms with Crippen molar-refractivity contribution in [1.29, 1.82) is 0 Å². The highest BCUT2D eigenvalue weighted by atomic mass is 35.5. The number of aromatic nitrogens is 3. The Morgan fingerprint density at radius 1 is 1.24 bits per heavy atom. The SMILES string of the molecule is Nc1cc(-c2cncn2Cc2ccc(F)c(Cl)c2)ccn1. The summed E-state index contributed by atoms with van der Waals surface area (Å²) < 4.78 is 15.1. The third-order valence-corrected chi connectivity index (χ3v) is 3.42. The molecule has 2 N–H and O–H groups in total. The maximum atomic E-state index is 13.2. The first kappa shape index (κ1) is 13.6. The summed E-state index contributed by atoms with van der Waals surface area (Å²) in [6, 6.07) is 8.32. The molecule has 0 aliphatic heterocycles. The van der Waals surface area contributed by atoms with E-state index in [2.05, 4.69) is 9.97 Å². The predicted molar refractivity (Wildman–Crippen MR) is 80.4 cm³/mol. The van der Waals surface area contributed by atoms with E-state index in [1.165, 1.54) is 6.07 Å². The summed E-state index contributed by atoms with van der Waals surface area (Å²) in [6.07, 6.45) is 5.11. The van der Waals surface area contributed by atoms with Crippen molar-refractivity contribution in [1.82, 2.24) is 14.5 Å². The fraction of sp³-hybridized carbons (Fsp3) is 0.0667. The summed E-state index contributed by atoms with van der Waals surface area (Å²) in [5.41, 5.74) is 8.43.